The van der Waals surface area contributed by atoms with Crippen molar-refractivity contribution in [2.24, 2.45) is 5.10 Å². The minimum absolute atomic E-state index is 0.121. The molecule has 1 heterocycles. The first kappa shape index (κ1) is 17.3. The van der Waals surface area contributed by atoms with Crippen molar-refractivity contribution in [1.29, 1.82) is 0 Å². The molecule has 1 aliphatic rings. The molecule has 5 heteroatoms. The Morgan fingerprint density at radius 3 is 2.30 bits per heavy atom. The molecule has 1 unspecified atom stereocenters. The summed E-state index contributed by atoms with van der Waals surface area (Å²) in [6.45, 7) is 0. The molecule has 1 amide bonds. The minimum atomic E-state index is -0.209. The molecule has 134 valence electrons. The lowest BCUT2D eigenvalue weighted by Crippen LogP contribution is -2.27. The van der Waals surface area contributed by atoms with Gasteiger partial charge in [-0.25, -0.2) is 5.01 Å². The lowest BCUT2D eigenvalue weighted by Gasteiger charge is -2.22. The molecule has 4 nitrogen and oxygen atoms in total. The van der Waals surface area contributed by atoms with Crippen LogP contribution in [0.25, 0.3) is 0 Å². The number of amides is 1. The number of carbonyl (C=O) groups is 1. The van der Waals surface area contributed by atoms with Crippen molar-refractivity contribution >= 4 is 23.2 Å². The summed E-state index contributed by atoms with van der Waals surface area (Å²) in [4.78, 5) is 13.1. The fourth-order valence-corrected chi connectivity index (χ4v) is 3.31. The number of hydrogen-bond donors (Lipinski definition) is 1. The molecule has 4 rings (SSSR count). The Bertz CT molecular complexity index is 983. The van der Waals surface area contributed by atoms with Crippen LogP contribution in [0.3, 0.4) is 0 Å². The van der Waals surface area contributed by atoms with Crippen LogP contribution in [0.1, 0.15) is 33.9 Å². The summed E-state index contributed by atoms with van der Waals surface area (Å²) in [7, 11) is 0. The van der Waals surface area contributed by atoms with Gasteiger partial charge in [0.2, 0.25) is 0 Å². The first-order valence-corrected chi connectivity index (χ1v) is 9.00. The molecule has 0 aromatic heterocycles. The monoisotopic (exact) mass is 376 g/mol. The first-order valence-electron chi connectivity index (χ1n) is 8.63. The molecule has 0 aliphatic carbocycles. The van der Waals surface area contributed by atoms with E-state index in [9.17, 15) is 9.90 Å². The minimum Gasteiger partial charge on any atom is -0.508 e. The zero-order chi connectivity index (χ0) is 18.8. The largest absolute Gasteiger partial charge is 0.508 e. The Kier molecular flexibility index (Phi) is 4.65. The van der Waals surface area contributed by atoms with E-state index in [2.05, 4.69) is 5.10 Å². The molecule has 1 atom stereocenters. The molecule has 0 radical (unpaired) electrons. The second kappa shape index (κ2) is 7.25. The van der Waals surface area contributed by atoms with Crippen molar-refractivity contribution in [3.05, 3.63) is 101 Å². The SMILES string of the molecule is O=C(c1ccc(O)cc1)N1N=C(c2ccccc2)CC1c1ccc(Cl)cc1. The average molecular weight is 377 g/mol. The van der Waals surface area contributed by atoms with Gasteiger partial charge in [0.15, 0.2) is 0 Å². The van der Waals surface area contributed by atoms with Gasteiger partial charge in [0.25, 0.3) is 5.91 Å². The average Bonchev–Trinajstić information content (AvgIpc) is 3.15. The van der Waals surface area contributed by atoms with E-state index in [0.29, 0.717) is 17.0 Å². The number of nitrogens with zero attached hydrogens (tertiary/aromatic N) is 2. The third-order valence-corrected chi connectivity index (χ3v) is 4.85. The van der Waals surface area contributed by atoms with Crippen LogP contribution in [0.5, 0.6) is 5.75 Å². The fraction of sp³-hybridized carbons (Fsp3) is 0.0909. The van der Waals surface area contributed by atoms with Crippen LogP contribution in [-0.4, -0.2) is 21.7 Å². The van der Waals surface area contributed by atoms with Crippen molar-refractivity contribution in [2.45, 2.75) is 12.5 Å². The van der Waals surface area contributed by atoms with Crippen LogP contribution in [0, 0.1) is 0 Å². The fourth-order valence-electron chi connectivity index (χ4n) is 3.18. The van der Waals surface area contributed by atoms with Crippen molar-refractivity contribution in [3.8, 4) is 5.75 Å². The Labute approximate surface area is 162 Å². The molecular weight excluding hydrogens is 360 g/mol. The number of hydrogen-bond acceptors (Lipinski definition) is 3. The first-order chi connectivity index (χ1) is 13.1. The molecule has 1 aliphatic heterocycles. The number of hydrazone groups is 1. The molecule has 0 fully saturated rings. The van der Waals surface area contributed by atoms with E-state index < -0.39 is 0 Å². The summed E-state index contributed by atoms with van der Waals surface area (Å²) in [5, 5.41) is 16.3. The Hall–Kier alpha value is -3.11. The summed E-state index contributed by atoms with van der Waals surface area (Å²) in [6.07, 6.45) is 0.621. The standard InChI is InChI=1S/C22H17ClN2O2/c23-18-10-6-16(7-11-18)21-14-20(15-4-2-1-3-5-15)24-25(21)22(27)17-8-12-19(26)13-9-17/h1-13,21,26H,14H2. The van der Waals surface area contributed by atoms with E-state index in [4.69, 9.17) is 11.6 Å². The predicted octanol–water partition coefficient (Wildman–Crippen LogP) is 5.04. The Balaban J connectivity index is 1.72. The molecular formula is C22H17ClN2O2. The highest BCUT2D eigenvalue weighted by Crippen LogP contribution is 2.34. The van der Waals surface area contributed by atoms with Gasteiger partial charge in [0.05, 0.1) is 11.8 Å². The van der Waals surface area contributed by atoms with E-state index in [1.54, 1.807) is 12.1 Å². The van der Waals surface area contributed by atoms with Gasteiger partial charge in [-0.3, -0.25) is 4.79 Å². The van der Waals surface area contributed by atoms with Crippen molar-refractivity contribution < 1.29 is 9.90 Å². The topological polar surface area (TPSA) is 52.9 Å². The van der Waals surface area contributed by atoms with E-state index in [0.717, 1.165) is 16.8 Å². The number of aromatic hydroxyl groups is 1. The highest BCUT2D eigenvalue weighted by molar-refractivity contribution is 6.30. The number of benzene rings is 3. The van der Waals surface area contributed by atoms with Crippen molar-refractivity contribution in [3.63, 3.8) is 0 Å². The predicted molar refractivity (Wildman–Crippen MR) is 106 cm³/mol. The van der Waals surface area contributed by atoms with Crippen LogP contribution in [-0.2, 0) is 0 Å². The second-order valence-electron chi connectivity index (χ2n) is 6.38. The normalized spacial score (nSPS) is 16.3. The lowest BCUT2D eigenvalue weighted by molar-refractivity contribution is 0.0711. The van der Waals surface area contributed by atoms with Crippen LogP contribution in [0.4, 0.5) is 0 Å². The van der Waals surface area contributed by atoms with Crippen molar-refractivity contribution in [1.82, 2.24) is 5.01 Å². The Morgan fingerprint density at radius 1 is 0.963 bits per heavy atom. The van der Waals surface area contributed by atoms with Crippen LogP contribution >= 0.6 is 11.6 Å². The maximum Gasteiger partial charge on any atom is 0.274 e. The number of phenols is 1. The van der Waals surface area contributed by atoms with Gasteiger partial charge in [-0.15, -0.1) is 0 Å². The molecule has 0 saturated heterocycles. The molecule has 3 aromatic rings. The van der Waals surface area contributed by atoms with Gasteiger partial charge in [0.1, 0.15) is 5.75 Å². The number of carbonyl (C=O) groups excluding carboxylic acids is 1. The Morgan fingerprint density at radius 2 is 1.63 bits per heavy atom. The maximum atomic E-state index is 13.1. The quantitative estimate of drug-likeness (QED) is 0.696. The van der Waals surface area contributed by atoms with E-state index in [1.165, 1.54) is 17.1 Å². The third kappa shape index (κ3) is 3.57. The molecule has 27 heavy (non-hydrogen) atoms. The van der Waals surface area contributed by atoms with Gasteiger partial charge >= 0.3 is 0 Å². The van der Waals surface area contributed by atoms with Crippen LogP contribution in [0.2, 0.25) is 5.02 Å². The molecule has 0 spiro atoms. The maximum absolute atomic E-state index is 13.1. The summed E-state index contributed by atoms with van der Waals surface area (Å²) in [6, 6.07) is 23.3. The van der Waals surface area contributed by atoms with Gasteiger partial charge in [-0.1, -0.05) is 54.1 Å². The van der Waals surface area contributed by atoms with Gasteiger partial charge in [0, 0.05) is 17.0 Å². The summed E-state index contributed by atoms with van der Waals surface area (Å²) >= 11 is 6.02. The second-order valence-corrected chi connectivity index (χ2v) is 6.82. The van der Waals surface area contributed by atoms with Crippen LogP contribution in [0.15, 0.2) is 84.0 Å². The third-order valence-electron chi connectivity index (χ3n) is 4.59. The zero-order valence-electron chi connectivity index (χ0n) is 14.4. The van der Waals surface area contributed by atoms with Gasteiger partial charge < -0.3 is 5.11 Å². The van der Waals surface area contributed by atoms with Crippen molar-refractivity contribution in [2.75, 3.05) is 0 Å². The molecule has 1 N–H and O–H groups in total. The molecule has 0 bridgehead atoms. The number of halogens is 1. The van der Waals surface area contributed by atoms with Gasteiger partial charge in [-0.2, -0.15) is 5.10 Å². The smallest absolute Gasteiger partial charge is 0.274 e. The highest BCUT2D eigenvalue weighted by atomic mass is 35.5. The summed E-state index contributed by atoms with van der Waals surface area (Å²) < 4.78 is 0. The summed E-state index contributed by atoms with van der Waals surface area (Å²) in [5.74, 6) is -0.0865. The summed E-state index contributed by atoms with van der Waals surface area (Å²) in [5.41, 5.74) is 3.31. The van der Waals surface area contributed by atoms with E-state index in [-0.39, 0.29) is 17.7 Å². The highest BCUT2D eigenvalue weighted by Gasteiger charge is 2.33. The number of rotatable bonds is 3. The zero-order valence-corrected chi connectivity index (χ0v) is 15.2. The van der Waals surface area contributed by atoms with E-state index >= 15 is 0 Å². The molecule has 0 saturated carbocycles. The van der Waals surface area contributed by atoms with Gasteiger partial charge in [-0.05, 0) is 47.5 Å². The van der Waals surface area contributed by atoms with E-state index in [1.807, 2.05) is 54.6 Å². The van der Waals surface area contributed by atoms with Crippen LogP contribution < -0.4 is 0 Å². The lowest BCUT2D eigenvalue weighted by atomic mass is 9.98. The number of phenolic OH excluding ortho intramolecular Hbond substituents is 1. The molecule has 3 aromatic carbocycles.